The van der Waals surface area contributed by atoms with E-state index in [9.17, 15) is 9.59 Å². The molecule has 5 nitrogen and oxygen atoms in total. The van der Waals surface area contributed by atoms with E-state index in [1.807, 2.05) is 16.7 Å². The monoisotopic (exact) mass is 282 g/mol. The molecule has 1 aliphatic carbocycles. The molecule has 20 heavy (non-hydrogen) atoms. The third-order valence-corrected chi connectivity index (χ3v) is 4.36. The molecule has 0 aromatic heterocycles. The van der Waals surface area contributed by atoms with Crippen molar-refractivity contribution < 1.29 is 14.7 Å². The Bertz CT molecular complexity index is 347. The third kappa shape index (κ3) is 3.72. The van der Waals surface area contributed by atoms with Crippen LogP contribution in [-0.2, 0) is 9.59 Å². The summed E-state index contributed by atoms with van der Waals surface area (Å²) in [6.45, 7) is 4.87. The van der Waals surface area contributed by atoms with E-state index < -0.39 is 0 Å². The zero-order valence-electron chi connectivity index (χ0n) is 12.4. The molecule has 1 aliphatic heterocycles. The molecule has 0 aromatic carbocycles. The highest BCUT2D eigenvalue weighted by Crippen LogP contribution is 2.32. The maximum absolute atomic E-state index is 12.4. The molecule has 5 heteroatoms. The van der Waals surface area contributed by atoms with Gasteiger partial charge in [-0.15, -0.1) is 0 Å². The van der Waals surface area contributed by atoms with Gasteiger partial charge in [-0.2, -0.15) is 0 Å². The number of piperidine rings is 1. The fourth-order valence-electron chi connectivity index (χ4n) is 2.88. The highest BCUT2D eigenvalue weighted by atomic mass is 16.3. The number of hydrogen-bond donors (Lipinski definition) is 1. The van der Waals surface area contributed by atoms with E-state index in [1.165, 1.54) is 0 Å². The summed E-state index contributed by atoms with van der Waals surface area (Å²) in [4.78, 5) is 28.1. The van der Waals surface area contributed by atoms with Crippen molar-refractivity contribution in [2.45, 2.75) is 39.0 Å². The van der Waals surface area contributed by atoms with Crippen LogP contribution in [0.2, 0.25) is 0 Å². The minimum absolute atomic E-state index is 0.0527. The first-order chi connectivity index (χ1) is 9.67. The van der Waals surface area contributed by atoms with Crippen LogP contribution >= 0.6 is 0 Å². The van der Waals surface area contributed by atoms with Gasteiger partial charge in [0.1, 0.15) is 0 Å². The Hall–Kier alpha value is -1.10. The lowest BCUT2D eigenvalue weighted by Crippen LogP contribution is -2.45. The molecule has 114 valence electrons. The molecular weight excluding hydrogens is 256 g/mol. The van der Waals surface area contributed by atoms with Crippen LogP contribution < -0.4 is 0 Å². The molecular formula is C15H26N2O3. The van der Waals surface area contributed by atoms with Crippen LogP contribution in [0.15, 0.2) is 0 Å². The molecule has 1 N–H and O–H groups in total. The van der Waals surface area contributed by atoms with Crippen molar-refractivity contribution in [1.29, 1.82) is 0 Å². The standard InChI is InChI=1S/C15H26N2O3/c1-2-16(8-3-11-18)14(19)13-6-9-17(10-7-13)15(20)12-4-5-12/h12-13,18H,2-11H2,1H3. The summed E-state index contributed by atoms with van der Waals surface area (Å²) in [5.74, 6) is 0.818. The van der Waals surface area contributed by atoms with E-state index in [4.69, 9.17) is 5.11 Å². The number of rotatable bonds is 6. The molecule has 0 radical (unpaired) electrons. The van der Waals surface area contributed by atoms with Gasteiger partial charge in [0.15, 0.2) is 0 Å². The zero-order valence-corrected chi connectivity index (χ0v) is 12.4. The largest absolute Gasteiger partial charge is 0.396 e. The van der Waals surface area contributed by atoms with Crippen LogP contribution in [0.25, 0.3) is 0 Å². The first kappa shape index (κ1) is 15.3. The highest BCUT2D eigenvalue weighted by molar-refractivity contribution is 5.82. The van der Waals surface area contributed by atoms with Gasteiger partial charge in [0.25, 0.3) is 0 Å². The predicted molar refractivity (Wildman–Crippen MR) is 76.0 cm³/mol. The SMILES string of the molecule is CCN(CCCO)C(=O)C1CCN(C(=O)C2CC2)CC1. The summed E-state index contributed by atoms with van der Waals surface area (Å²) < 4.78 is 0. The van der Waals surface area contributed by atoms with Crippen molar-refractivity contribution >= 4 is 11.8 Å². The average molecular weight is 282 g/mol. The Morgan fingerprint density at radius 3 is 2.30 bits per heavy atom. The van der Waals surface area contributed by atoms with Crippen molar-refractivity contribution in [2.24, 2.45) is 11.8 Å². The van der Waals surface area contributed by atoms with Gasteiger partial charge in [0, 0.05) is 44.6 Å². The first-order valence-electron chi connectivity index (χ1n) is 7.85. The summed E-state index contributed by atoms with van der Waals surface area (Å²) in [5.41, 5.74) is 0. The molecule has 0 aromatic rings. The lowest BCUT2D eigenvalue weighted by molar-refractivity contribution is -0.141. The van der Waals surface area contributed by atoms with Crippen molar-refractivity contribution in [3.05, 3.63) is 0 Å². The van der Waals surface area contributed by atoms with Gasteiger partial charge in [0.05, 0.1) is 0 Å². The van der Waals surface area contributed by atoms with Crippen LogP contribution in [0.4, 0.5) is 0 Å². The third-order valence-electron chi connectivity index (χ3n) is 4.36. The number of carbonyl (C=O) groups is 2. The summed E-state index contributed by atoms with van der Waals surface area (Å²) in [5, 5.41) is 8.87. The molecule has 2 fully saturated rings. The fraction of sp³-hybridized carbons (Fsp3) is 0.867. The van der Waals surface area contributed by atoms with Crippen molar-refractivity contribution in [3.63, 3.8) is 0 Å². The zero-order chi connectivity index (χ0) is 14.5. The lowest BCUT2D eigenvalue weighted by atomic mass is 9.95. The van der Waals surface area contributed by atoms with Gasteiger partial charge in [0.2, 0.25) is 11.8 Å². The molecule has 0 spiro atoms. The number of hydrogen-bond acceptors (Lipinski definition) is 3. The van der Waals surface area contributed by atoms with Crippen LogP contribution in [0, 0.1) is 11.8 Å². The Kier molecular flexibility index (Phi) is 5.40. The van der Waals surface area contributed by atoms with Crippen molar-refractivity contribution in [1.82, 2.24) is 9.80 Å². The highest BCUT2D eigenvalue weighted by Gasteiger charge is 2.36. The van der Waals surface area contributed by atoms with Crippen LogP contribution in [0.5, 0.6) is 0 Å². The van der Waals surface area contributed by atoms with E-state index in [-0.39, 0.29) is 24.3 Å². The Morgan fingerprint density at radius 2 is 1.80 bits per heavy atom. The second-order valence-electron chi connectivity index (χ2n) is 5.87. The predicted octanol–water partition coefficient (Wildman–Crippen LogP) is 0.866. The summed E-state index contributed by atoms with van der Waals surface area (Å²) in [7, 11) is 0. The molecule has 2 rings (SSSR count). The topological polar surface area (TPSA) is 60.9 Å². The van der Waals surface area contributed by atoms with Crippen LogP contribution in [-0.4, -0.2) is 59.5 Å². The second-order valence-corrected chi connectivity index (χ2v) is 5.87. The summed E-state index contributed by atoms with van der Waals surface area (Å²) in [6.07, 6.45) is 4.29. The maximum Gasteiger partial charge on any atom is 0.225 e. The normalized spacial score (nSPS) is 20.0. The van der Waals surface area contributed by atoms with Gasteiger partial charge in [-0.1, -0.05) is 0 Å². The lowest BCUT2D eigenvalue weighted by Gasteiger charge is -2.34. The number of carbonyl (C=O) groups excluding carboxylic acids is 2. The van der Waals surface area contributed by atoms with E-state index in [0.717, 1.165) is 38.8 Å². The quantitative estimate of drug-likeness (QED) is 0.786. The van der Waals surface area contributed by atoms with Crippen LogP contribution in [0.3, 0.4) is 0 Å². The smallest absolute Gasteiger partial charge is 0.225 e. The van der Waals surface area contributed by atoms with Crippen molar-refractivity contribution in [2.75, 3.05) is 32.8 Å². The van der Waals surface area contributed by atoms with E-state index in [2.05, 4.69) is 0 Å². The summed E-state index contributed by atoms with van der Waals surface area (Å²) >= 11 is 0. The van der Waals surface area contributed by atoms with Gasteiger partial charge in [-0.05, 0) is 39.0 Å². The number of amides is 2. The minimum Gasteiger partial charge on any atom is -0.396 e. The van der Waals surface area contributed by atoms with E-state index in [0.29, 0.717) is 25.4 Å². The number of aliphatic hydroxyl groups is 1. The van der Waals surface area contributed by atoms with Gasteiger partial charge >= 0.3 is 0 Å². The molecule has 0 atom stereocenters. The Morgan fingerprint density at radius 1 is 1.15 bits per heavy atom. The van der Waals surface area contributed by atoms with Gasteiger partial charge < -0.3 is 14.9 Å². The fourth-order valence-corrected chi connectivity index (χ4v) is 2.88. The minimum atomic E-state index is 0.0527. The molecule has 2 aliphatic rings. The molecule has 1 saturated carbocycles. The molecule has 0 unspecified atom stereocenters. The molecule has 1 heterocycles. The number of aliphatic hydroxyl groups excluding tert-OH is 1. The van der Waals surface area contributed by atoms with Gasteiger partial charge in [-0.25, -0.2) is 0 Å². The first-order valence-corrected chi connectivity index (χ1v) is 7.85. The summed E-state index contributed by atoms with van der Waals surface area (Å²) in [6, 6.07) is 0. The van der Waals surface area contributed by atoms with E-state index >= 15 is 0 Å². The Balaban J connectivity index is 1.79. The maximum atomic E-state index is 12.4. The van der Waals surface area contributed by atoms with Crippen molar-refractivity contribution in [3.8, 4) is 0 Å². The second kappa shape index (κ2) is 7.07. The molecule has 1 saturated heterocycles. The molecule has 0 bridgehead atoms. The Labute approximate surface area is 120 Å². The number of likely N-dealkylation sites (tertiary alicyclic amines) is 1. The van der Waals surface area contributed by atoms with Gasteiger partial charge in [-0.3, -0.25) is 9.59 Å². The average Bonchev–Trinajstić information content (AvgIpc) is 3.32. The number of nitrogens with zero attached hydrogens (tertiary/aromatic N) is 2. The van der Waals surface area contributed by atoms with E-state index in [1.54, 1.807) is 0 Å². The van der Waals surface area contributed by atoms with Crippen LogP contribution in [0.1, 0.15) is 39.0 Å². The molecule has 2 amide bonds.